The monoisotopic (exact) mass is 253 g/mol. The van der Waals surface area contributed by atoms with Gasteiger partial charge in [0.05, 0.1) is 6.61 Å². The summed E-state index contributed by atoms with van der Waals surface area (Å²) in [5, 5.41) is 0. The number of anilines is 1. The summed E-state index contributed by atoms with van der Waals surface area (Å²) in [5.41, 5.74) is 9.45. The van der Waals surface area contributed by atoms with Crippen molar-refractivity contribution in [2.24, 2.45) is 0 Å². The van der Waals surface area contributed by atoms with E-state index in [2.05, 4.69) is 24.3 Å². The Labute approximate surface area is 114 Å². The fourth-order valence-electron chi connectivity index (χ4n) is 2.83. The molecule has 2 aromatic rings. The standard InChI is InChI=1S/C17H19NO/c18-15-8-4-9-16(11-15)19-12-14-7-3-6-13-5-1-2-10-17(13)14/h1-2,4-5,8-11,14H,3,6-7,12,18H2. The Kier molecular flexibility index (Phi) is 3.41. The largest absolute Gasteiger partial charge is 0.493 e. The molecule has 0 spiro atoms. The molecule has 0 saturated heterocycles. The lowest BCUT2D eigenvalue weighted by Gasteiger charge is -2.25. The lowest BCUT2D eigenvalue weighted by molar-refractivity contribution is 0.275. The van der Waals surface area contributed by atoms with E-state index in [0.717, 1.165) is 18.0 Å². The highest BCUT2D eigenvalue weighted by Crippen LogP contribution is 2.32. The first-order valence-corrected chi connectivity index (χ1v) is 6.89. The molecule has 3 rings (SSSR count). The zero-order chi connectivity index (χ0) is 13.1. The highest BCUT2D eigenvalue weighted by molar-refractivity contribution is 5.43. The topological polar surface area (TPSA) is 35.2 Å². The number of benzene rings is 2. The maximum absolute atomic E-state index is 5.90. The van der Waals surface area contributed by atoms with E-state index < -0.39 is 0 Å². The zero-order valence-electron chi connectivity index (χ0n) is 11.0. The minimum atomic E-state index is 0.506. The number of nitrogen functional groups attached to an aromatic ring is 1. The van der Waals surface area contributed by atoms with E-state index in [1.165, 1.54) is 30.4 Å². The van der Waals surface area contributed by atoms with Gasteiger partial charge in [-0.3, -0.25) is 0 Å². The third-order valence-electron chi connectivity index (χ3n) is 3.80. The van der Waals surface area contributed by atoms with Crippen LogP contribution in [0.25, 0.3) is 0 Å². The van der Waals surface area contributed by atoms with Gasteiger partial charge < -0.3 is 10.5 Å². The zero-order valence-corrected chi connectivity index (χ0v) is 11.0. The molecule has 19 heavy (non-hydrogen) atoms. The average molecular weight is 253 g/mol. The van der Waals surface area contributed by atoms with Crippen LogP contribution >= 0.6 is 0 Å². The van der Waals surface area contributed by atoms with Gasteiger partial charge in [-0.15, -0.1) is 0 Å². The van der Waals surface area contributed by atoms with Crippen LogP contribution in [0.3, 0.4) is 0 Å². The molecule has 98 valence electrons. The highest BCUT2D eigenvalue weighted by atomic mass is 16.5. The van der Waals surface area contributed by atoms with Crippen LogP contribution in [-0.2, 0) is 6.42 Å². The molecule has 0 radical (unpaired) electrons. The fraction of sp³-hybridized carbons (Fsp3) is 0.294. The summed E-state index contributed by atoms with van der Waals surface area (Å²) >= 11 is 0. The lowest BCUT2D eigenvalue weighted by atomic mass is 9.83. The molecule has 0 heterocycles. The molecule has 0 bridgehead atoms. The van der Waals surface area contributed by atoms with Crippen LogP contribution in [0.15, 0.2) is 48.5 Å². The number of ether oxygens (including phenoxy) is 1. The van der Waals surface area contributed by atoms with Gasteiger partial charge in [0.2, 0.25) is 0 Å². The molecule has 1 aliphatic carbocycles. The van der Waals surface area contributed by atoms with Crippen LogP contribution in [0.2, 0.25) is 0 Å². The molecule has 2 nitrogen and oxygen atoms in total. The van der Waals surface area contributed by atoms with Gasteiger partial charge in [-0.05, 0) is 42.5 Å². The van der Waals surface area contributed by atoms with Crippen LogP contribution in [0.1, 0.15) is 29.9 Å². The van der Waals surface area contributed by atoms with E-state index in [9.17, 15) is 0 Å². The maximum atomic E-state index is 5.90. The van der Waals surface area contributed by atoms with Crippen molar-refractivity contribution in [3.63, 3.8) is 0 Å². The molecule has 0 saturated carbocycles. The van der Waals surface area contributed by atoms with E-state index in [0.29, 0.717) is 5.92 Å². The van der Waals surface area contributed by atoms with Gasteiger partial charge in [0.1, 0.15) is 5.75 Å². The minimum Gasteiger partial charge on any atom is -0.493 e. The lowest BCUT2D eigenvalue weighted by Crippen LogP contribution is -2.16. The molecule has 0 amide bonds. The Morgan fingerprint density at radius 1 is 1.11 bits per heavy atom. The SMILES string of the molecule is Nc1cccc(OCC2CCCc3ccccc32)c1. The van der Waals surface area contributed by atoms with E-state index in [-0.39, 0.29) is 0 Å². The molecule has 0 aromatic heterocycles. The van der Waals surface area contributed by atoms with Crippen LogP contribution < -0.4 is 10.5 Å². The number of fused-ring (bicyclic) bond motifs is 1. The predicted molar refractivity (Wildman–Crippen MR) is 78.5 cm³/mol. The van der Waals surface area contributed by atoms with Crippen molar-refractivity contribution in [1.29, 1.82) is 0 Å². The highest BCUT2D eigenvalue weighted by Gasteiger charge is 2.20. The second kappa shape index (κ2) is 5.35. The molecule has 0 aliphatic heterocycles. The third-order valence-corrected chi connectivity index (χ3v) is 3.80. The second-order valence-corrected chi connectivity index (χ2v) is 5.17. The number of nitrogens with two attached hydrogens (primary N) is 1. The summed E-state index contributed by atoms with van der Waals surface area (Å²) in [5.74, 6) is 1.37. The molecular formula is C17H19NO. The Morgan fingerprint density at radius 3 is 2.89 bits per heavy atom. The Hall–Kier alpha value is -1.96. The van der Waals surface area contributed by atoms with Crippen molar-refractivity contribution >= 4 is 5.69 Å². The molecule has 1 unspecified atom stereocenters. The summed E-state index contributed by atoms with van der Waals surface area (Å²) in [6, 6.07) is 16.4. The van der Waals surface area contributed by atoms with Crippen LogP contribution in [0, 0.1) is 0 Å². The predicted octanol–water partition coefficient (Wildman–Crippen LogP) is 3.77. The van der Waals surface area contributed by atoms with Crippen molar-refractivity contribution < 1.29 is 4.74 Å². The Bertz CT molecular complexity index is 565. The van der Waals surface area contributed by atoms with Crippen molar-refractivity contribution in [2.75, 3.05) is 12.3 Å². The van der Waals surface area contributed by atoms with E-state index >= 15 is 0 Å². The van der Waals surface area contributed by atoms with Gasteiger partial charge in [-0.1, -0.05) is 30.3 Å². The number of hydrogen-bond acceptors (Lipinski definition) is 2. The summed E-state index contributed by atoms with van der Waals surface area (Å²) in [6.45, 7) is 0.737. The minimum absolute atomic E-state index is 0.506. The van der Waals surface area contributed by atoms with E-state index in [1.54, 1.807) is 0 Å². The molecule has 1 aliphatic rings. The number of hydrogen-bond donors (Lipinski definition) is 1. The average Bonchev–Trinajstić information content (AvgIpc) is 2.45. The van der Waals surface area contributed by atoms with Gasteiger partial charge in [0.15, 0.2) is 0 Å². The molecular weight excluding hydrogens is 234 g/mol. The maximum Gasteiger partial charge on any atom is 0.121 e. The van der Waals surface area contributed by atoms with Gasteiger partial charge >= 0.3 is 0 Å². The first kappa shape index (κ1) is 12.1. The molecule has 0 fully saturated rings. The van der Waals surface area contributed by atoms with Crippen molar-refractivity contribution in [3.05, 3.63) is 59.7 Å². The normalized spacial score (nSPS) is 17.8. The molecule has 2 heteroatoms. The third kappa shape index (κ3) is 2.73. The van der Waals surface area contributed by atoms with Gasteiger partial charge in [0, 0.05) is 17.7 Å². The Morgan fingerprint density at radius 2 is 2.00 bits per heavy atom. The van der Waals surface area contributed by atoms with Crippen LogP contribution in [0.4, 0.5) is 5.69 Å². The van der Waals surface area contributed by atoms with Crippen molar-refractivity contribution in [2.45, 2.75) is 25.2 Å². The quantitative estimate of drug-likeness (QED) is 0.845. The summed E-state index contributed by atoms with van der Waals surface area (Å²) in [4.78, 5) is 0. The van der Waals surface area contributed by atoms with Crippen molar-refractivity contribution in [1.82, 2.24) is 0 Å². The first-order valence-electron chi connectivity index (χ1n) is 6.89. The fourth-order valence-corrected chi connectivity index (χ4v) is 2.83. The number of rotatable bonds is 3. The first-order chi connectivity index (χ1) is 9.33. The summed E-state index contributed by atoms with van der Waals surface area (Å²) in [6.07, 6.45) is 3.66. The second-order valence-electron chi connectivity index (χ2n) is 5.17. The van der Waals surface area contributed by atoms with E-state index in [1.807, 2.05) is 24.3 Å². The molecule has 2 N–H and O–H groups in total. The molecule has 1 atom stereocenters. The molecule has 2 aromatic carbocycles. The summed E-state index contributed by atoms with van der Waals surface area (Å²) in [7, 11) is 0. The van der Waals surface area contributed by atoms with Gasteiger partial charge in [-0.2, -0.15) is 0 Å². The smallest absolute Gasteiger partial charge is 0.121 e. The number of aryl methyl sites for hydroxylation is 1. The van der Waals surface area contributed by atoms with Gasteiger partial charge in [-0.25, -0.2) is 0 Å². The van der Waals surface area contributed by atoms with E-state index in [4.69, 9.17) is 10.5 Å². The van der Waals surface area contributed by atoms with Crippen molar-refractivity contribution in [3.8, 4) is 5.75 Å². The van der Waals surface area contributed by atoms with Gasteiger partial charge in [0.25, 0.3) is 0 Å². The summed E-state index contributed by atoms with van der Waals surface area (Å²) < 4.78 is 5.90. The van der Waals surface area contributed by atoms with Crippen LogP contribution in [0.5, 0.6) is 5.75 Å². The Balaban J connectivity index is 1.71. The van der Waals surface area contributed by atoms with Crippen LogP contribution in [-0.4, -0.2) is 6.61 Å².